The fourth-order valence-electron chi connectivity index (χ4n) is 0.341. The van der Waals surface area contributed by atoms with Gasteiger partial charge in [0.25, 0.3) is 6.43 Å². The summed E-state index contributed by atoms with van der Waals surface area (Å²) in [6.07, 6.45) is -6.79. The van der Waals surface area contributed by atoms with Crippen molar-refractivity contribution in [2.24, 2.45) is 0 Å². The van der Waals surface area contributed by atoms with Crippen LogP contribution in [-0.4, -0.2) is 25.4 Å². The van der Waals surface area contributed by atoms with Crippen LogP contribution in [0.2, 0.25) is 0 Å². The zero-order chi connectivity index (χ0) is 8.85. The second-order valence-corrected chi connectivity index (χ2v) is 1.67. The second kappa shape index (κ2) is 4.92. The van der Waals surface area contributed by atoms with Crippen LogP contribution < -0.4 is 0 Å². The third-order valence-electron chi connectivity index (χ3n) is 0.691. The first kappa shape index (κ1) is 10.2. The average Bonchev–Trinajstić information content (AvgIpc) is 1.82. The van der Waals surface area contributed by atoms with Gasteiger partial charge in [-0.05, 0) is 0 Å². The Morgan fingerprint density at radius 2 is 1.73 bits per heavy atom. The van der Waals surface area contributed by atoms with Gasteiger partial charge in [0, 0.05) is 0 Å². The van der Waals surface area contributed by atoms with E-state index in [9.17, 15) is 22.4 Å². The van der Waals surface area contributed by atoms with Gasteiger partial charge in [-0.15, -0.1) is 0 Å². The van der Waals surface area contributed by atoms with E-state index in [1.54, 1.807) is 0 Å². The van der Waals surface area contributed by atoms with E-state index in [-0.39, 0.29) is 0 Å². The first-order valence-corrected chi connectivity index (χ1v) is 2.74. The maximum atomic E-state index is 11.3. The van der Waals surface area contributed by atoms with Crippen molar-refractivity contribution in [2.75, 3.05) is 6.61 Å². The van der Waals surface area contributed by atoms with Crippen molar-refractivity contribution in [1.29, 1.82) is 0 Å². The Balaban J connectivity index is 3.38. The number of hydrogen-bond acceptors (Lipinski definition) is 2. The molecule has 11 heavy (non-hydrogen) atoms. The fourth-order valence-corrected chi connectivity index (χ4v) is 0.341. The van der Waals surface area contributed by atoms with Gasteiger partial charge in [0.15, 0.2) is 6.61 Å². The van der Waals surface area contributed by atoms with Crippen LogP contribution in [0.5, 0.6) is 0 Å². The van der Waals surface area contributed by atoms with E-state index in [4.69, 9.17) is 0 Å². The van der Waals surface area contributed by atoms with Gasteiger partial charge in [0.1, 0.15) is 6.42 Å². The molecule has 0 heterocycles. The topological polar surface area (TPSA) is 26.3 Å². The number of esters is 1. The zero-order valence-electron chi connectivity index (χ0n) is 5.40. The molecule has 0 saturated carbocycles. The van der Waals surface area contributed by atoms with Crippen molar-refractivity contribution >= 4 is 5.97 Å². The number of carbonyl (C=O) groups is 1. The molecule has 66 valence electrons. The summed E-state index contributed by atoms with van der Waals surface area (Å²) in [7, 11) is 0. The maximum absolute atomic E-state index is 11.3. The van der Waals surface area contributed by atoms with Crippen LogP contribution in [0.25, 0.3) is 0 Å². The summed E-state index contributed by atoms with van der Waals surface area (Å²) in [6, 6.07) is 0. The Morgan fingerprint density at radius 1 is 1.18 bits per heavy atom. The van der Waals surface area contributed by atoms with E-state index in [2.05, 4.69) is 4.74 Å². The molecule has 0 saturated heterocycles. The lowest BCUT2D eigenvalue weighted by Crippen LogP contribution is -2.13. The van der Waals surface area contributed by atoms with Crippen LogP contribution >= 0.6 is 0 Å². The lowest BCUT2D eigenvalue weighted by molar-refractivity contribution is -0.150. The summed E-state index contributed by atoms with van der Waals surface area (Å²) in [6.45, 7) is -1.12. The molecular weight excluding hydrogens is 168 g/mol. The lowest BCUT2D eigenvalue weighted by atomic mass is 10.5. The molecule has 0 aromatic rings. The Hall–Kier alpha value is -0.810. The predicted octanol–water partition coefficient (Wildman–Crippen LogP) is 1.45. The van der Waals surface area contributed by atoms with Crippen LogP contribution in [-0.2, 0) is 9.53 Å². The highest BCUT2D eigenvalue weighted by Crippen LogP contribution is 2.01. The molecule has 0 aliphatic carbocycles. The molecule has 0 bridgehead atoms. The highest BCUT2D eigenvalue weighted by atomic mass is 19.3. The third-order valence-corrected chi connectivity index (χ3v) is 0.691. The summed E-state index contributed by atoms with van der Waals surface area (Å²) < 4.78 is 48.9. The number of halogens is 4. The molecule has 0 radical (unpaired) electrons. The molecule has 0 aromatic carbocycles. The molecule has 0 spiro atoms. The van der Waals surface area contributed by atoms with Gasteiger partial charge in [0.2, 0.25) is 6.43 Å². The number of ether oxygens (including phenoxy) is 1. The van der Waals surface area contributed by atoms with Gasteiger partial charge in [-0.2, -0.15) is 0 Å². The van der Waals surface area contributed by atoms with Crippen LogP contribution in [0.15, 0.2) is 0 Å². The van der Waals surface area contributed by atoms with Gasteiger partial charge in [-0.1, -0.05) is 0 Å². The van der Waals surface area contributed by atoms with Crippen molar-refractivity contribution in [3.05, 3.63) is 0 Å². The van der Waals surface area contributed by atoms with Crippen molar-refractivity contribution in [3.63, 3.8) is 0 Å². The standard InChI is InChI=1S/C5H6F4O2/c6-3(7)1-5(10)11-2-4(8)9/h3-4H,1-2H2. The maximum Gasteiger partial charge on any atom is 0.311 e. The number of hydrogen-bond donors (Lipinski definition) is 0. The Kier molecular flexibility index (Phi) is 4.56. The monoisotopic (exact) mass is 174 g/mol. The molecule has 2 nitrogen and oxygen atoms in total. The largest absolute Gasteiger partial charge is 0.459 e. The molecule has 0 fully saturated rings. The normalized spacial score (nSPS) is 10.7. The van der Waals surface area contributed by atoms with Gasteiger partial charge < -0.3 is 4.74 Å². The molecule has 0 rings (SSSR count). The highest BCUT2D eigenvalue weighted by molar-refractivity contribution is 5.69. The number of alkyl halides is 4. The minimum Gasteiger partial charge on any atom is -0.459 e. The zero-order valence-corrected chi connectivity index (χ0v) is 5.40. The summed E-state index contributed by atoms with van der Waals surface area (Å²) in [5.41, 5.74) is 0. The third kappa shape index (κ3) is 7.08. The van der Waals surface area contributed by atoms with Crippen molar-refractivity contribution in [1.82, 2.24) is 0 Å². The average molecular weight is 174 g/mol. The number of carbonyl (C=O) groups excluding carboxylic acids is 1. The molecule has 0 atom stereocenters. The number of rotatable bonds is 4. The van der Waals surface area contributed by atoms with E-state index in [0.717, 1.165) is 0 Å². The van der Waals surface area contributed by atoms with Crippen molar-refractivity contribution in [2.45, 2.75) is 19.3 Å². The highest BCUT2D eigenvalue weighted by Gasteiger charge is 2.13. The SMILES string of the molecule is O=C(CC(F)F)OCC(F)F. The van der Waals surface area contributed by atoms with Gasteiger partial charge in [-0.3, -0.25) is 4.79 Å². The molecule has 0 aliphatic heterocycles. The van der Waals surface area contributed by atoms with Crippen molar-refractivity contribution < 1.29 is 27.1 Å². The molecule has 0 aromatic heterocycles. The quantitative estimate of drug-likeness (QED) is 0.476. The summed E-state index contributed by atoms with van der Waals surface area (Å²) in [4.78, 5) is 10.1. The lowest BCUT2D eigenvalue weighted by Gasteiger charge is -2.02. The predicted molar refractivity (Wildman–Crippen MR) is 27.6 cm³/mol. The summed E-state index contributed by atoms with van der Waals surface area (Å²) in [5.74, 6) is -1.31. The Bertz CT molecular complexity index is 126. The minimum absolute atomic E-state index is 1.12. The van der Waals surface area contributed by atoms with Crippen LogP contribution in [0.1, 0.15) is 6.42 Å². The van der Waals surface area contributed by atoms with Gasteiger partial charge in [-0.25, -0.2) is 17.6 Å². The minimum atomic E-state index is -2.85. The first-order chi connectivity index (χ1) is 5.02. The smallest absolute Gasteiger partial charge is 0.311 e. The van der Waals surface area contributed by atoms with Crippen LogP contribution in [0, 0.1) is 0 Å². The van der Waals surface area contributed by atoms with E-state index < -0.39 is 31.8 Å². The molecular formula is C5H6F4O2. The Labute approximate surface area is 60.1 Å². The second-order valence-electron chi connectivity index (χ2n) is 1.67. The molecule has 0 aliphatic rings. The summed E-state index contributed by atoms with van der Waals surface area (Å²) in [5, 5.41) is 0. The van der Waals surface area contributed by atoms with Crippen LogP contribution in [0.4, 0.5) is 17.6 Å². The van der Waals surface area contributed by atoms with Crippen LogP contribution in [0.3, 0.4) is 0 Å². The van der Waals surface area contributed by atoms with E-state index in [1.807, 2.05) is 0 Å². The molecule has 6 heteroatoms. The fraction of sp³-hybridized carbons (Fsp3) is 0.800. The van der Waals surface area contributed by atoms with Gasteiger partial charge >= 0.3 is 5.97 Å². The molecule has 0 N–H and O–H groups in total. The molecule has 0 amide bonds. The van der Waals surface area contributed by atoms with Gasteiger partial charge in [0.05, 0.1) is 0 Å². The van der Waals surface area contributed by atoms with Crippen molar-refractivity contribution in [3.8, 4) is 0 Å². The summed E-state index contributed by atoms with van der Waals surface area (Å²) >= 11 is 0. The Morgan fingerprint density at radius 3 is 2.09 bits per heavy atom. The first-order valence-electron chi connectivity index (χ1n) is 2.74. The molecule has 0 unspecified atom stereocenters. The van der Waals surface area contributed by atoms with E-state index in [1.165, 1.54) is 0 Å². The van der Waals surface area contributed by atoms with E-state index >= 15 is 0 Å². The van der Waals surface area contributed by atoms with E-state index in [0.29, 0.717) is 0 Å².